The molecule has 1 atom stereocenters. The van der Waals surface area contributed by atoms with E-state index in [0.29, 0.717) is 24.1 Å². The minimum Gasteiger partial charge on any atom is -0.408 e. The van der Waals surface area contributed by atoms with Crippen LogP contribution in [0.2, 0.25) is 0 Å². The van der Waals surface area contributed by atoms with E-state index < -0.39 is 17.4 Å². The van der Waals surface area contributed by atoms with Gasteiger partial charge in [-0.2, -0.15) is 0 Å². The van der Waals surface area contributed by atoms with Crippen LogP contribution in [0.4, 0.5) is 8.78 Å². The van der Waals surface area contributed by atoms with E-state index in [0.717, 1.165) is 0 Å². The summed E-state index contributed by atoms with van der Waals surface area (Å²) in [5.74, 6) is -2.16. The lowest BCUT2D eigenvalue weighted by atomic mass is 9.97. The van der Waals surface area contributed by atoms with Crippen molar-refractivity contribution >= 4 is 17.0 Å². The highest BCUT2D eigenvalue weighted by molar-refractivity contribution is 5.77. The number of carbonyl (C=O) groups excluding carboxylic acids is 1. The molecule has 0 N–H and O–H groups in total. The normalized spacial score (nSPS) is 17.0. The van der Waals surface area contributed by atoms with Gasteiger partial charge < -0.3 is 9.32 Å². The average molecular weight is 372 g/mol. The molecule has 5 nitrogen and oxygen atoms in total. The van der Waals surface area contributed by atoms with E-state index in [1.807, 2.05) is 0 Å². The zero-order valence-electron chi connectivity index (χ0n) is 14.5. The SMILES string of the molecule is O=C(CCn1c(=O)oc2ccccc21)N1CCC(c2c(F)cccc2F)C1. The van der Waals surface area contributed by atoms with Crippen molar-refractivity contribution in [3.05, 3.63) is 70.2 Å². The van der Waals surface area contributed by atoms with Gasteiger partial charge in [0.2, 0.25) is 5.91 Å². The number of oxazole rings is 1. The molecule has 1 aliphatic rings. The molecule has 7 heteroatoms. The monoisotopic (exact) mass is 372 g/mol. The third-order valence-electron chi connectivity index (χ3n) is 5.07. The van der Waals surface area contributed by atoms with Crippen LogP contribution in [0.25, 0.3) is 11.1 Å². The molecule has 1 saturated heterocycles. The zero-order valence-corrected chi connectivity index (χ0v) is 14.5. The highest BCUT2D eigenvalue weighted by atomic mass is 19.1. The lowest BCUT2D eigenvalue weighted by molar-refractivity contribution is -0.130. The summed E-state index contributed by atoms with van der Waals surface area (Å²) in [6.45, 7) is 0.917. The number of hydrogen-bond donors (Lipinski definition) is 0. The Morgan fingerprint density at radius 1 is 1.11 bits per heavy atom. The van der Waals surface area contributed by atoms with Gasteiger partial charge in [0.1, 0.15) is 11.6 Å². The maximum absolute atomic E-state index is 14.0. The highest BCUT2D eigenvalue weighted by Gasteiger charge is 2.30. The minimum absolute atomic E-state index is 0.0462. The van der Waals surface area contributed by atoms with Gasteiger partial charge in [-0.1, -0.05) is 18.2 Å². The third-order valence-corrected chi connectivity index (χ3v) is 5.07. The molecule has 0 saturated carbocycles. The molecule has 0 radical (unpaired) electrons. The summed E-state index contributed by atoms with van der Waals surface area (Å²) in [5.41, 5.74) is 1.17. The fraction of sp³-hybridized carbons (Fsp3) is 0.300. The predicted octanol–water partition coefficient (Wildman–Crippen LogP) is 3.28. The number of benzene rings is 2. The van der Waals surface area contributed by atoms with Crippen molar-refractivity contribution in [2.24, 2.45) is 0 Å². The molecule has 1 aliphatic heterocycles. The van der Waals surface area contributed by atoms with Crippen LogP contribution in [0.5, 0.6) is 0 Å². The van der Waals surface area contributed by atoms with Crippen LogP contribution in [-0.2, 0) is 11.3 Å². The second-order valence-electron chi connectivity index (χ2n) is 6.70. The largest absolute Gasteiger partial charge is 0.419 e. The first-order valence-corrected chi connectivity index (χ1v) is 8.84. The van der Waals surface area contributed by atoms with Gasteiger partial charge in [0, 0.05) is 37.5 Å². The predicted molar refractivity (Wildman–Crippen MR) is 95.4 cm³/mol. The van der Waals surface area contributed by atoms with Gasteiger partial charge in [0.05, 0.1) is 5.52 Å². The molecule has 1 aromatic heterocycles. The van der Waals surface area contributed by atoms with E-state index in [4.69, 9.17) is 4.42 Å². The standard InChI is InChI=1S/C20H18F2N2O3/c21-14-4-3-5-15(22)19(14)13-8-10-23(12-13)18(25)9-11-24-16-6-1-2-7-17(16)27-20(24)26/h1-7,13H,8-12H2. The molecule has 1 fully saturated rings. The Kier molecular flexibility index (Phi) is 4.51. The van der Waals surface area contributed by atoms with E-state index in [9.17, 15) is 18.4 Å². The molecule has 140 valence electrons. The summed E-state index contributed by atoms with van der Waals surface area (Å²) >= 11 is 0. The molecule has 0 aliphatic carbocycles. The number of rotatable bonds is 4. The van der Waals surface area contributed by atoms with Crippen molar-refractivity contribution in [1.82, 2.24) is 9.47 Å². The molecule has 3 aromatic rings. The first-order valence-electron chi connectivity index (χ1n) is 8.84. The molecular weight excluding hydrogens is 354 g/mol. The molecule has 2 heterocycles. The van der Waals surface area contributed by atoms with Gasteiger partial charge in [-0.25, -0.2) is 13.6 Å². The second-order valence-corrected chi connectivity index (χ2v) is 6.70. The van der Waals surface area contributed by atoms with E-state index in [2.05, 4.69) is 0 Å². The molecule has 0 bridgehead atoms. The topological polar surface area (TPSA) is 55.5 Å². The van der Waals surface area contributed by atoms with E-state index in [1.54, 1.807) is 29.2 Å². The number of para-hydroxylation sites is 2. The van der Waals surface area contributed by atoms with Crippen molar-refractivity contribution < 1.29 is 18.0 Å². The second kappa shape index (κ2) is 6.98. The summed E-state index contributed by atoms with van der Waals surface area (Å²) in [6, 6.07) is 10.8. The number of amides is 1. The molecule has 1 unspecified atom stereocenters. The first kappa shape index (κ1) is 17.5. The average Bonchev–Trinajstić information content (AvgIpc) is 3.24. The van der Waals surface area contributed by atoms with Gasteiger partial charge in [-0.15, -0.1) is 0 Å². The molecule has 4 rings (SSSR count). The number of likely N-dealkylation sites (tertiary alicyclic amines) is 1. The molecule has 1 amide bonds. The number of hydrogen-bond acceptors (Lipinski definition) is 3. The number of aromatic nitrogens is 1. The van der Waals surface area contributed by atoms with Gasteiger partial charge >= 0.3 is 5.76 Å². The van der Waals surface area contributed by atoms with Crippen molar-refractivity contribution in [2.75, 3.05) is 13.1 Å². The Hall–Kier alpha value is -2.96. The van der Waals surface area contributed by atoms with Crippen LogP contribution >= 0.6 is 0 Å². The summed E-state index contributed by atoms with van der Waals surface area (Å²) in [5, 5.41) is 0. The lowest BCUT2D eigenvalue weighted by Crippen LogP contribution is -2.30. The highest BCUT2D eigenvalue weighted by Crippen LogP contribution is 2.31. The van der Waals surface area contributed by atoms with Gasteiger partial charge in [0.15, 0.2) is 5.58 Å². The van der Waals surface area contributed by atoms with E-state index >= 15 is 0 Å². The summed E-state index contributed by atoms with van der Waals surface area (Å²) in [7, 11) is 0. The van der Waals surface area contributed by atoms with Crippen molar-refractivity contribution in [3.63, 3.8) is 0 Å². The number of fused-ring (bicyclic) bond motifs is 1. The lowest BCUT2D eigenvalue weighted by Gasteiger charge is -2.17. The summed E-state index contributed by atoms with van der Waals surface area (Å²) < 4.78 is 34.5. The van der Waals surface area contributed by atoms with Crippen molar-refractivity contribution in [2.45, 2.75) is 25.3 Å². The molecule has 0 spiro atoms. The smallest absolute Gasteiger partial charge is 0.408 e. The number of nitrogens with zero attached hydrogens (tertiary/aromatic N) is 2. The van der Waals surface area contributed by atoms with Crippen LogP contribution in [0, 0.1) is 11.6 Å². The number of halogens is 2. The summed E-state index contributed by atoms with van der Waals surface area (Å²) in [4.78, 5) is 26.1. The molecule has 2 aromatic carbocycles. The van der Waals surface area contributed by atoms with Gasteiger partial charge in [-0.3, -0.25) is 9.36 Å². The van der Waals surface area contributed by atoms with Crippen LogP contribution < -0.4 is 5.76 Å². The maximum Gasteiger partial charge on any atom is 0.419 e. The van der Waals surface area contributed by atoms with Crippen LogP contribution in [0.15, 0.2) is 51.7 Å². The Morgan fingerprint density at radius 2 is 1.85 bits per heavy atom. The van der Waals surface area contributed by atoms with Crippen molar-refractivity contribution in [1.29, 1.82) is 0 Å². The Balaban J connectivity index is 1.44. The maximum atomic E-state index is 14.0. The zero-order chi connectivity index (χ0) is 19.0. The molecule has 27 heavy (non-hydrogen) atoms. The Bertz CT molecular complexity index is 1040. The third kappa shape index (κ3) is 3.25. The first-order chi connectivity index (χ1) is 13.0. The fourth-order valence-corrected chi connectivity index (χ4v) is 3.71. The van der Waals surface area contributed by atoms with Crippen LogP contribution in [0.1, 0.15) is 24.3 Å². The van der Waals surface area contributed by atoms with Gasteiger partial charge in [0.25, 0.3) is 0 Å². The number of carbonyl (C=O) groups is 1. The van der Waals surface area contributed by atoms with Crippen molar-refractivity contribution in [3.8, 4) is 0 Å². The molecular formula is C20H18F2N2O3. The Labute approximate surface area is 153 Å². The fourth-order valence-electron chi connectivity index (χ4n) is 3.71. The quantitative estimate of drug-likeness (QED) is 0.706. The summed E-state index contributed by atoms with van der Waals surface area (Å²) in [6.07, 6.45) is 0.633. The minimum atomic E-state index is -0.578. The van der Waals surface area contributed by atoms with Gasteiger partial charge in [-0.05, 0) is 30.7 Å². The Morgan fingerprint density at radius 3 is 2.63 bits per heavy atom. The number of aryl methyl sites for hydroxylation is 1. The van der Waals surface area contributed by atoms with Crippen LogP contribution in [0.3, 0.4) is 0 Å². The van der Waals surface area contributed by atoms with E-state index in [-0.39, 0.29) is 36.9 Å². The van der Waals surface area contributed by atoms with E-state index in [1.165, 1.54) is 22.8 Å². The van der Waals surface area contributed by atoms with Crippen LogP contribution in [-0.4, -0.2) is 28.5 Å².